The minimum Gasteiger partial charge on any atom is -0.497 e. The van der Waals surface area contributed by atoms with Crippen LogP contribution in [-0.2, 0) is 9.59 Å². The van der Waals surface area contributed by atoms with E-state index in [1.54, 1.807) is 31.4 Å². The van der Waals surface area contributed by atoms with Gasteiger partial charge in [0, 0.05) is 19.0 Å². The highest BCUT2D eigenvalue weighted by Crippen LogP contribution is 2.30. The van der Waals surface area contributed by atoms with Gasteiger partial charge in [-0.2, -0.15) is 0 Å². The molecule has 0 aromatic heterocycles. The van der Waals surface area contributed by atoms with E-state index >= 15 is 0 Å². The minimum atomic E-state index is -0.677. The van der Waals surface area contributed by atoms with E-state index in [9.17, 15) is 14.4 Å². The zero-order valence-corrected chi connectivity index (χ0v) is 18.1. The van der Waals surface area contributed by atoms with Crippen LogP contribution in [0.2, 0.25) is 0 Å². The third kappa shape index (κ3) is 4.84. The molecule has 168 valence electrons. The first kappa shape index (κ1) is 21.6. The number of methoxy groups -OCH3 is 1. The van der Waals surface area contributed by atoms with E-state index in [2.05, 4.69) is 15.5 Å². The molecule has 3 fully saturated rings. The van der Waals surface area contributed by atoms with Crippen molar-refractivity contribution in [1.29, 1.82) is 0 Å². The first-order chi connectivity index (χ1) is 15.1. The van der Waals surface area contributed by atoms with Crippen LogP contribution in [0.3, 0.4) is 0 Å². The van der Waals surface area contributed by atoms with Gasteiger partial charge in [-0.25, -0.2) is 9.69 Å². The van der Waals surface area contributed by atoms with Crippen molar-refractivity contribution in [3.05, 3.63) is 24.3 Å². The number of carbonyl (C=O) groups is 3. The monoisotopic (exact) mass is 428 g/mol. The molecule has 4 rings (SSSR count). The van der Waals surface area contributed by atoms with E-state index < -0.39 is 12.1 Å². The standard InChI is InChI=1S/C23H32N4O4/c1-31-18-9-7-17(8-10-18)27-22(29)19(25-23(27)30)11-12-21(28)24-15-16-5-4-14-26-13-3-2-6-20(16)26/h7-10,16,19-20H,2-6,11-15H2,1H3,(H,24,28)(H,25,30)/t16-,19?,20+/m0/s1. The van der Waals surface area contributed by atoms with E-state index in [0.717, 1.165) is 11.3 Å². The molecule has 3 saturated heterocycles. The van der Waals surface area contributed by atoms with Crippen LogP contribution in [0.15, 0.2) is 24.3 Å². The van der Waals surface area contributed by atoms with Crippen LogP contribution in [0.1, 0.15) is 44.9 Å². The Morgan fingerprint density at radius 3 is 2.68 bits per heavy atom. The van der Waals surface area contributed by atoms with E-state index in [4.69, 9.17) is 4.74 Å². The fraction of sp³-hybridized carbons (Fsp3) is 0.609. The van der Waals surface area contributed by atoms with Gasteiger partial charge in [0.05, 0.1) is 12.8 Å². The maximum Gasteiger partial charge on any atom is 0.329 e. The highest BCUT2D eigenvalue weighted by molar-refractivity contribution is 6.21. The molecule has 1 aromatic rings. The van der Waals surface area contributed by atoms with Crippen LogP contribution in [0, 0.1) is 5.92 Å². The van der Waals surface area contributed by atoms with Crippen molar-refractivity contribution >= 4 is 23.5 Å². The Bertz CT molecular complexity index is 810. The third-order valence-electron chi connectivity index (χ3n) is 6.80. The summed E-state index contributed by atoms with van der Waals surface area (Å²) in [6.07, 6.45) is 6.65. The smallest absolute Gasteiger partial charge is 0.329 e. The third-order valence-corrected chi connectivity index (χ3v) is 6.80. The molecule has 8 heteroatoms. The number of rotatable bonds is 7. The molecular formula is C23H32N4O4. The van der Waals surface area contributed by atoms with E-state index in [-0.39, 0.29) is 18.2 Å². The van der Waals surface area contributed by atoms with Crippen LogP contribution in [0.25, 0.3) is 0 Å². The number of hydrogen-bond donors (Lipinski definition) is 2. The predicted molar refractivity (Wildman–Crippen MR) is 117 cm³/mol. The summed E-state index contributed by atoms with van der Waals surface area (Å²) in [7, 11) is 1.56. The average molecular weight is 429 g/mol. The zero-order chi connectivity index (χ0) is 21.8. The van der Waals surface area contributed by atoms with Crippen LogP contribution in [0.4, 0.5) is 10.5 Å². The van der Waals surface area contributed by atoms with Gasteiger partial charge < -0.3 is 20.3 Å². The van der Waals surface area contributed by atoms with E-state index in [1.165, 1.54) is 38.8 Å². The molecule has 4 amide bonds. The number of anilines is 1. The molecule has 0 spiro atoms. The number of amides is 4. The number of nitrogens with zero attached hydrogens (tertiary/aromatic N) is 2. The molecule has 3 aliphatic heterocycles. The molecule has 3 aliphatic rings. The summed E-state index contributed by atoms with van der Waals surface area (Å²) in [6, 6.07) is 6.21. The van der Waals surface area contributed by atoms with Gasteiger partial charge in [0.15, 0.2) is 0 Å². The molecule has 31 heavy (non-hydrogen) atoms. The number of ether oxygens (including phenoxy) is 1. The van der Waals surface area contributed by atoms with Gasteiger partial charge in [-0.3, -0.25) is 9.59 Å². The lowest BCUT2D eigenvalue weighted by Gasteiger charge is -2.44. The predicted octanol–water partition coefficient (Wildman–Crippen LogP) is 2.28. The molecule has 0 radical (unpaired) electrons. The first-order valence-electron chi connectivity index (χ1n) is 11.4. The summed E-state index contributed by atoms with van der Waals surface area (Å²) in [5.41, 5.74) is 0.490. The number of nitrogens with one attached hydrogen (secondary N) is 2. The van der Waals surface area contributed by atoms with Gasteiger partial charge in [-0.1, -0.05) is 6.42 Å². The van der Waals surface area contributed by atoms with Crippen LogP contribution in [0.5, 0.6) is 5.75 Å². The maximum absolute atomic E-state index is 12.7. The molecule has 2 N–H and O–H groups in total. The topological polar surface area (TPSA) is 91.0 Å². The van der Waals surface area contributed by atoms with Crippen molar-refractivity contribution in [2.75, 3.05) is 31.6 Å². The van der Waals surface area contributed by atoms with Gasteiger partial charge >= 0.3 is 6.03 Å². The Labute approximate surface area is 183 Å². The fourth-order valence-electron chi connectivity index (χ4n) is 5.13. The Morgan fingerprint density at radius 1 is 1.13 bits per heavy atom. The van der Waals surface area contributed by atoms with Gasteiger partial charge in [-0.05, 0) is 75.4 Å². The van der Waals surface area contributed by atoms with Crippen molar-refractivity contribution in [1.82, 2.24) is 15.5 Å². The molecule has 3 atom stereocenters. The number of fused-ring (bicyclic) bond motifs is 1. The summed E-state index contributed by atoms with van der Waals surface area (Å²) in [5.74, 6) is 0.778. The number of urea groups is 1. The second kappa shape index (κ2) is 9.68. The number of benzene rings is 1. The highest BCUT2D eigenvalue weighted by atomic mass is 16.5. The molecule has 3 heterocycles. The summed E-state index contributed by atoms with van der Waals surface area (Å²) >= 11 is 0. The van der Waals surface area contributed by atoms with E-state index in [1.807, 2.05) is 0 Å². The number of piperidine rings is 2. The van der Waals surface area contributed by atoms with Gasteiger partial charge in [0.25, 0.3) is 5.91 Å². The van der Waals surface area contributed by atoms with Crippen molar-refractivity contribution in [2.24, 2.45) is 5.92 Å². The Kier molecular flexibility index (Phi) is 6.75. The Balaban J connectivity index is 1.25. The quantitative estimate of drug-likeness (QED) is 0.651. The van der Waals surface area contributed by atoms with Crippen molar-refractivity contribution in [2.45, 2.75) is 57.0 Å². The Hall–Kier alpha value is -2.61. The molecule has 0 aliphatic carbocycles. The second-order valence-electron chi connectivity index (χ2n) is 8.72. The normalized spacial score (nSPS) is 26.4. The lowest BCUT2D eigenvalue weighted by atomic mass is 9.83. The molecule has 8 nitrogen and oxygen atoms in total. The van der Waals surface area contributed by atoms with Crippen LogP contribution in [-0.4, -0.2) is 61.6 Å². The second-order valence-corrected chi connectivity index (χ2v) is 8.72. The lowest BCUT2D eigenvalue weighted by molar-refractivity contribution is -0.122. The average Bonchev–Trinajstić information content (AvgIpc) is 3.09. The SMILES string of the molecule is COc1ccc(N2C(=O)NC(CCC(=O)NC[C@@H]3CCCN4CCCC[C@H]34)C2=O)cc1. The largest absolute Gasteiger partial charge is 0.497 e. The van der Waals surface area contributed by atoms with Crippen molar-refractivity contribution < 1.29 is 19.1 Å². The number of hydrogen-bond acceptors (Lipinski definition) is 5. The van der Waals surface area contributed by atoms with Gasteiger partial charge in [0.1, 0.15) is 11.8 Å². The molecule has 1 unspecified atom stereocenters. The lowest BCUT2D eigenvalue weighted by Crippen LogP contribution is -2.51. The van der Waals surface area contributed by atoms with Crippen LogP contribution < -0.4 is 20.3 Å². The summed E-state index contributed by atoms with van der Waals surface area (Å²) in [6.45, 7) is 3.07. The van der Waals surface area contributed by atoms with Crippen molar-refractivity contribution in [3.63, 3.8) is 0 Å². The highest BCUT2D eigenvalue weighted by Gasteiger charge is 2.39. The number of carbonyl (C=O) groups excluding carboxylic acids is 3. The summed E-state index contributed by atoms with van der Waals surface area (Å²) in [4.78, 5) is 41.2. The summed E-state index contributed by atoms with van der Waals surface area (Å²) in [5, 5.41) is 5.77. The Morgan fingerprint density at radius 2 is 1.90 bits per heavy atom. The molecule has 0 bridgehead atoms. The van der Waals surface area contributed by atoms with Gasteiger partial charge in [0.2, 0.25) is 5.91 Å². The molecule has 0 saturated carbocycles. The zero-order valence-electron chi connectivity index (χ0n) is 18.1. The minimum absolute atomic E-state index is 0.0575. The van der Waals surface area contributed by atoms with Crippen LogP contribution >= 0.6 is 0 Å². The molecule has 1 aromatic carbocycles. The number of imide groups is 1. The summed E-state index contributed by atoms with van der Waals surface area (Å²) < 4.78 is 5.12. The maximum atomic E-state index is 12.7. The van der Waals surface area contributed by atoms with E-state index in [0.29, 0.717) is 36.4 Å². The van der Waals surface area contributed by atoms with Crippen molar-refractivity contribution in [3.8, 4) is 5.75 Å². The van der Waals surface area contributed by atoms with Gasteiger partial charge in [-0.15, -0.1) is 0 Å². The fourth-order valence-corrected chi connectivity index (χ4v) is 5.13. The first-order valence-corrected chi connectivity index (χ1v) is 11.4. The molecular weight excluding hydrogens is 396 g/mol.